The van der Waals surface area contributed by atoms with Gasteiger partial charge < -0.3 is 54.2 Å². The fourth-order valence-corrected chi connectivity index (χ4v) is 7.15. The van der Waals surface area contributed by atoms with Crippen molar-refractivity contribution in [1.82, 2.24) is 20.2 Å². The Morgan fingerprint density at radius 3 is 2.09 bits per heavy atom. The minimum absolute atomic E-state index is 0.175. The Bertz CT molecular complexity index is 2090. The molecule has 0 aromatic carbocycles. The van der Waals surface area contributed by atoms with Gasteiger partial charge in [-0.05, 0) is 6.07 Å². The number of halogens is 3. The van der Waals surface area contributed by atoms with Gasteiger partial charge >= 0.3 is 67.6 Å². The number of esters is 5. The summed E-state index contributed by atoms with van der Waals surface area (Å²) in [6.45, 7) is 3.97. The number of carbonyl (C=O) groups is 9. The molecular formula is C35H44F3N5O21P+. The maximum Gasteiger partial charge on any atom is 0.701 e. The van der Waals surface area contributed by atoms with Crippen LogP contribution in [0.15, 0.2) is 17.1 Å². The highest BCUT2D eigenvalue weighted by Gasteiger charge is 2.62. The van der Waals surface area contributed by atoms with Gasteiger partial charge in [0, 0.05) is 58.2 Å². The van der Waals surface area contributed by atoms with Gasteiger partial charge in [0.15, 0.2) is 18.4 Å². The smallest absolute Gasteiger partial charge is 0.477 e. The van der Waals surface area contributed by atoms with Gasteiger partial charge in [-0.1, -0.05) is 11.4 Å². The molecule has 0 aliphatic carbocycles. The first kappa shape index (κ1) is 53.2. The molecule has 1 aromatic heterocycles. The summed E-state index contributed by atoms with van der Waals surface area (Å²) >= 11 is 0. The van der Waals surface area contributed by atoms with E-state index in [4.69, 9.17) is 42.2 Å². The van der Waals surface area contributed by atoms with E-state index in [1.807, 2.05) is 0 Å². The van der Waals surface area contributed by atoms with Crippen LogP contribution >= 0.6 is 8.25 Å². The van der Waals surface area contributed by atoms with E-state index in [9.17, 15) is 70.8 Å². The van der Waals surface area contributed by atoms with Crippen molar-refractivity contribution in [1.29, 1.82) is 0 Å². The van der Waals surface area contributed by atoms with E-state index in [1.54, 1.807) is 0 Å². The molecule has 30 heteroatoms. The summed E-state index contributed by atoms with van der Waals surface area (Å²) in [5, 5.41) is 16.4. The molecule has 0 saturated carbocycles. The van der Waals surface area contributed by atoms with E-state index in [-0.39, 0.29) is 5.82 Å². The number of rotatable bonds is 19. The molecule has 3 rings (SSSR count). The fraction of sp³-hybridized carbons (Fsp3) is 0.629. The number of aromatic nitrogens is 2. The van der Waals surface area contributed by atoms with Crippen LogP contribution in [0.3, 0.4) is 0 Å². The van der Waals surface area contributed by atoms with Gasteiger partial charge in [0.25, 0.3) is 0 Å². The summed E-state index contributed by atoms with van der Waals surface area (Å²) in [7, 11) is -3.78. The monoisotopic (exact) mass is 958 g/mol. The summed E-state index contributed by atoms with van der Waals surface area (Å²) in [4.78, 5) is 126. The minimum Gasteiger partial charge on any atom is -0.477 e. The standard InChI is InChI=1S/C35H43F3N5O21P/c1-14(22(59-18(5)47)12-56-16(3)45)27-26(42-25(50)11-39-31(51)35(36,37)38)21(58-17(4)46)10-34(63-27,32(52)53)64-65(55)57-13-23-28(60-19(6)48)29(61-20(7)49)30(62-23)43-9-8-24(40-15(2)44)41-33(43)54/h8-9,14,21-23,26-30H,10-13H2,1-7H3,(H3-,39,40,41,42,44,50,51,52,53,54)/p+1/t14-,21?,22-,23-,26-,27?,28?,29?,30-,34-/m1/s1. The summed E-state index contributed by atoms with van der Waals surface area (Å²) in [6, 6.07) is -0.628. The molecule has 11 atom stereocenters. The molecule has 2 aliphatic heterocycles. The van der Waals surface area contributed by atoms with Gasteiger partial charge in [0.1, 0.15) is 37.3 Å². The molecule has 3 amide bonds. The first-order chi connectivity index (χ1) is 30.1. The highest BCUT2D eigenvalue weighted by Crippen LogP contribution is 2.44. The quantitative estimate of drug-likeness (QED) is 0.0767. The highest BCUT2D eigenvalue weighted by atomic mass is 31.1. The number of nitrogens with zero attached hydrogens (tertiary/aromatic N) is 2. The van der Waals surface area contributed by atoms with Crippen molar-refractivity contribution in [3.63, 3.8) is 0 Å². The topological polar surface area (TPSA) is 345 Å². The predicted molar refractivity (Wildman–Crippen MR) is 200 cm³/mol. The van der Waals surface area contributed by atoms with Gasteiger partial charge in [-0.2, -0.15) is 18.2 Å². The predicted octanol–water partition coefficient (Wildman–Crippen LogP) is -0.551. The third-order valence-electron chi connectivity index (χ3n) is 8.93. The second-order valence-corrected chi connectivity index (χ2v) is 15.0. The third-order valence-corrected chi connectivity index (χ3v) is 9.73. The minimum atomic E-state index is -5.41. The van der Waals surface area contributed by atoms with Crippen LogP contribution in [0.1, 0.15) is 61.1 Å². The van der Waals surface area contributed by atoms with Crippen molar-refractivity contribution in [3.05, 3.63) is 22.7 Å². The number of carbonyl (C=O) groups excluding carboxylic acids is 8. The number of carboxylic acid groups (broad SMARTS) is 1. The van der Waals surface area contributed by atoms with E-state index < -0.39 is 160 Å². The molecule has 2 saturated heterocycles. The third kappa shape index (κ3) is 15.2. The molecule has 3 heterocycles. The number of nitrogens with one attached hydrogen (secondary N) is 3. The lowest BCUT2D eigenvalue weighted by molar-refractivity contribution is -0.280. The zero-order chi connectivity index (χ0) is 49.1. The van der Waals surface area contributed by atoms with E-state index >= 15 is 0 Å². The lowest BCUT2D eigenvalue weighted by Gasteiger charge is -2.46. The van der Waals surface area contributed by atoms with Crippen LogP contribution in [0.4, 0.5) is 19.0 Å². The van der Waals surface area contributed by atoms with Crippen LogP contribution in [-0.4, -0.2) is 143 Å². The van der Waals surface area contributed by atoms with Crippen LogP contribution in [0.5, 0.6) is 0 Å². The van der Waals surface area contributed by atoms with E-state index in [2.05, 4.69) is 15.6 Å². The molecule has 65 heavy (non-hydrogen) atoms. The first-order valence-electron chi connectivity index (χ1n) is 18.8. The molecule has 0 radical (unpaired) electrons. The lowest BCUT2D eigenvalue weighted by Crippen LogP contribution is -2.67. The Balaban J connectivity index is 2.03. The van der Waals surface area contributed by atoms with Crippen molar-refractivity contribution in [2.24, 2.45) is 5.92 Å². The number of aliphatic carboxylic acids is 1. The van der Waals surface area contributed by atoms with Crippen molar-refractivity contribution < 1.29 is 108 Å². The number of amides is 3. The molecule has 1 aromatic rings. The van der Waals surface area contributed by atoms with Gasteiger partial charge in [-0.25, -0.2) is 9.59 Å². The van der Waals surface area contributed by atoms with Crippen LogP contribution in [0, 0.1) is 5.92 Å². The number of carboxylic acids is 1. The summed E-state index contributed by atoms with van der Waals surface area (Å²) in [5.41, 5.74) is -1.07. The van der Waals surface area contributed by atoms with E-state index in [1.165, 1.54) is 18.3 Å². The molecule has 2 aliphatic rings. The zero-order valence-electron chi connectivity index (χ0n) is 35.3. The normalized spacial score (nSPS) is 25.1. The number of hydrogen-bond donors (Lipinski definition) is 4. The average Bonchev–Trinajstić information content (AvgIpc) is 3.48. The Morgan fingerprint density at radius 2 is 1.57 bits per heavy atom. The second-order valence-electron chi connectivity index (χ2n) is 14.1. The van der Waals surface area contributed by atoms with Gasteiger partial charge in [-0.15, -0.1) is 4.52 Å². The van der Waals surface area contributed by atoms with E-state index in [0.717, 1.165) is 52.3 Å². The molecular weight excluding hydrogens is 914 g/mol. The van der Waals surface area contributed by atoms with Gasteiger partial charge in [0.2, 0.25) is 11.8 Å². The maximum atomic E-state index is 13.6. The van der Waals surface area contributed by atoms with Crippen molar-refractivity contribution in [2.75, 3.05) is 25.1 Å². The largest absolute Gasteiger partial charge is 0.701 e. The van der Waals surface area contributed by atoms with Crippen molar-refractivity contribution in [2.45, 2.75) is 116 Å². The first-order valence-corrected chi connectivity index (χ1v) is 19.9. The second kappa shape index (κ2) is 22.6. The molecule has 2 fully saturated rings. The van der Waals surface area contributed by atoms with Gasteiger partial charge in [0.05, 0.1) is 25.1 Å². The lowest BCUT2D eigenvalue weighted by atomic mass is 9.84. The Labute approximate surface area is 365 Å². The fourth-order valence-electron chi connectivity index (χ4n) is 6.39. The Kier molecular flexibility index (Phi) is 18.5. The Morgan fingerprint density at radius 1 is 0.954 bits per heavy atom. The summed E-state index contributed by atoms with van der Waals surface area (Å²) in [5.74, 6) is -16.4. The molecule has 26 nitrogen and oxygen atoms in total. The molecule has 4 N–H and O–H groups in total. The molecule has 0 spiro atoms. The highest BCUT2D eigenvalue weighted by molar-refractivity contribution is 7.33. The Hall–Kier alpha value is -6.16. The number of hydrogen-bond acceptors (Lipinski definition) is 21. The van der Waals surface area contributed by atoms with Crippen molar-refractivity contribution in [3.8, 4) is 0 Å². The zero-order valence-corrected chi connectivity index (χ0v) is 36.2. The maximum absolute atomic E-state index is 13.6. The van der Waals surface area contributed by atoms with Gasteiger partial charge in [-0.3, -0.25) is 42.9 Å². The van der Waals surface area contributed by atoms with Crippen LogP contribution in [0.25, 0.3) is 0 Å². The molecule has 5 unspecified atom stereocenters. The summed E-state index contributed by atoms with van der Waals surface area (Å²) < 4.78 is 102. The number of ether oxygens (including phenoxy) is 7. The van der Waals surface area contributed by atoms with E-state index in [0.29, 0.717) is 0 Å². The van der Waals surface area contributed by atoms with Crippen LogP contribution in [-0.2, 0) is 89.9 Å². The SMILES string of the molecule is CC(=O)Nc1ccn([C@@H]2O[C@H](CO[P+](=O)O[C@@]3(C(=O)O)CC(OC(C)=O)[C@@H](NC(=O)CNC(=O)C(F)(F)F)C([C@H](C)[C@@H](COC(C)=O)OC(C)=O)O3)C(OC(C)=O)C2OC(C)=O)c(=O)n1. The molecule has 360 valence electrons. The van der Waals surface area contributed by atoms with Crippen molar-refractivity contribution >= 4 is 67.6 Å². The summed E-state index contributed by atoms with van der Waals surface area (Å²) in [6.07, 6.45) is -17.4. The molecule has 0 bridgehead atoms. The van der Waals surface area contributed by atoms with Crippen LogP contribution < -0.4 is 21.6 Å². The number of alkyl halides is 3. The average molecular weight is 959 g/mol. The van der Waals surface area contributed by atoms with Crippen LogP contribution in [0.2, 0.25) is 0 Å². The number of anilines is 1.